The average Bonchev–Trinajstić information content (AvgIpc) is 2.72. The van der Waals surface area contributed by atoms with Crippen LogP contribution in [0.1, 0.15) is 30.9 Å². The predicted molar refractivity (Wildman–Crippen MR) is 110 cm³/mol. The van der Waals surface area contributed by atoms with Crippen molar-refractivity contribution in [2.75, 3.05) is 18.4 Å². The van der Waals surface area contributed by atoms with E-state index in [1.807, 2.05) is 18.2 Å². The summed E-state index contributed by atoms with van der Waals surface area (Å²) in [7, 11) is 0. The number of nitrogens with two attached hydrogens (primary N) is 1. The predicted octanol–water partition coefficient (Wildman–Crippen LogP) is 3.56. The molecule has 0 saturated heterocycles. The van der Waals surface area contributed by atoms with E-state index in [0.717, 1.165) is 43.5 Å². The SMILES string of the molecule is CCCN(N=Nc1ccc(NC(=O)CN)cc1)C1CCc2c(O)cccc2C1. The topological polar surface area (TPSA) is 103 Å². The summed E-state index contributed by atoms with van der Waals surface area (Å²) < 4.78 is 0. The molecule has 0 heterocycles. The molecule has 1 atom stereocenters. The van der Waals surface area contributed by atoms with Gasteiger partial charge in [0.25, 0.3) is 0 Å². The quantitative estimate of drug-likeness (QED) is 0.504. The highest BCUT2D eigenvalue weighted by Gasteiger charge is 2.25. The maximum absolute atomic E-state index is 11.3. The van der Waals surface area contributed by atoms with Gasteiger partial charge in [0.15, 0.2) is 0 Å². The molecule has 0 aromatic heterocycles. The smallest absolute Gasteiger partial charge is 0.238 e. The monoisotopic (exact) mass is 381 g/mol. The Bertz CT molecular complexity index is 835. The molecule has 0 spiro atoms. The number of rotatable bonds is 7. The lowest BCUT2D eigenvalue weighted by Crippen LogP contribution is -2.36. The van der Waals surface area contributed by atoms with Crippen molar-refractivity contribution in [2.24, 2.45) is 16.1 Å². The zero-order chi connectivity index (χ0) is 19.9. The van der Waals surface area contributed by atoms with Crippen LogP contribution in [0.4, 0.5) is 11.4 Å². The molecule has 148 valence electrons. The van der Waals surface area contributed by atoms with Gasteiger partial charge in [-0.25, -0.2) is 0 Å². The number of aromatic hydroxyl groups is 1. The minimum absolute atomic E-state index is 0.0459. The Morgan fingerprint density at radius 2 is 2.07 bits per heavy atom. The van der Waals surface area contributed by atoms with Crippen molar-refractivity contribution >= 4 is 17.3 Å². The molecule has 2 aromatic carbocycles. The summed E-state index contributed by atoms with van der Waals surface area (Å²) in [5.74, 6) is 0.161. The van der Waals surface area contributed by atoms with Gasteiger partial charge < -0.3 is 16.2 Å². The molecule has 3 rings (SSSR count). The van der Waals surface area contributed by atoms with Crippen molar-refractivity contribution in [3.63, 3.8) is 0 Å². The number of anilines is 1. The molecule has 1 aliphatic rings. The molecule has 7 heteroatoms. The van der Waals surface area contributed by atoms with Gasteiger partial charge in [-0.15, -0.1) is 5.11 Å². The number of benzene rings is 2. The van der Waals surface area contributed by atoms with Crippen molar-refractivity contribution in [3.8, 4) is 5.75 Å². The highest BCUT2D eigenvalue weighted by Crippen LogP contribution is 2.31. The molecule has 0 radical (unpaired) electrons. The zero-order valence-electron chi connectivity index (χ0n) is 16.1. The minimum Gasteiger partial charge on any atom is -0.508 e. The van der Waals surface area contributed by atoms with Gasteiger partial charge in [-0.2, -0.15) is 0 Å². The summed E-state index contributed by atoms with van der Waals surface area (Å²) in [5.41, 5.74) is 8.96. The Kier molecular flexibility index (Phi) is 6.60. The first-order chi connectivity index (χ1) is 13.6. The van der Waals surface area contributed by atoms with Crippen molar-refractivity contribution < 1.29 is 9.90 Å². The van der Waals surface area contributed by atoms with Crippen LogP contribution in [-0.2, 0) is 17.6 Å². The van der Waals surface area contributed by atoms with E-state index in [1.54, 1.807) is 18.2 Å². The second kappa shape index (κ2) is 9.32. The molecule has 4 N–H and O–H groups in total. The van der Waals surface area contributed by atoms with E-state index in [4.69, 9.17) is 5.73 Å². The average molecular weight is 381 g/mol. The van der Waals surface area contributed by atoms with Crippen LogP contribution >= 0.6 is 0 Å². The largest absolute Gasteiger partial charge is 0.508 e. The number of carbonyl (C=O) groups is 1. The Morgan fingerprint density at radius 3 is 2.79 bits per heavy atom. The van der Waals surface area contributed by atoms with Gasteiger partial charge >= 0.3 is 0 Å². The van der Waals surface area contributed by atoms with E-state index < -0.39 is 0 Å². The van der Waals surface area contributed by atoms with E-state index in [0.29, 0.717) is 11.4 Å². The summed E-state index contributed by atoms with van der Waals surface area (Å²) >= 11 is 0. The molecule has 1 amide bonds. The van der Waals surface area contributed by atoms with Crippen LogP contribution in [0.15, 0.2) is 52.8 Å². The number of amides is 1. The fourth-order valence-corrected chi connectivity index (χ4v) is 3.48. The molecule has 7 nitrogen and oxygen atoms in total. The summed E-state index contributed by atoms with van der Waals surface area (Å²) in [6, 6.07) is 13.2. The van der Waals surface area contributed by atoms with Crippen molar-refractivity contribution in [2.45, 2.75) is 38.6 Å². The van der Waals surface area contributed by atoms with Crippen LogP contribution in [0.25, 0.3) is 0 Å². The second-order valence-corrected chi connectivity index (χ2v) is 6.96. The molecular weight excluding hydrogens is 354 g/mol. The second-order valence-electron chi connectivity index (χ2n) is 6.96. The highest BCUT2D eigenvalue weighted by atomic mass is 16.3. The molecular formula is C21H27N5O2. The van der Waals surface area contributed by atoms with Crippen LogP contribution in [0, 0.1) is 0 Å². The van der Waals surface area contributed by atoms with E-state index in [9.17, 15) is 9.90 Å². The fourth-order valence-electron chi connectivity index (χ4n) is 3.48. The van der Waals surface area contributed by atoms with Gasteiger partial charge in [-0.3, -0.25) is 9.80 Å². The Hall–Kier alpha value is -2.93. The maximum atomic E-state index is 11.3. The first kappa shape index (κ1) is 19.8. The molecule has 1 unspecified atom stereocenters. The summed E-state index contributed by atoms with van der Waals surface area (Å²) in [4.78, 5) is 11.3. The number of fused-ring (bicyclic) bond motifs is 1. The molecule has 0 bridgehead atoms. The Morgan fingerprint density at radius 1 is 1.29 bits per heavy atom. The first-order valence-electron chi connectivity index (χ1n) is 9.68. The van der Waals surface area contributed by atoms with Crippen LogP contribution in [0.3, 0.4) is 0 Å². The van der Waals surface area contributed by atoms with E-state index in [-0.39, 0.29) is 18.5 Å². The normalized spacial score (nSPS) is 16.0. The van der Waals surface area contributed by atoms with E-state index >= 15 is 0 Å². The summed E-state index contributed by atoms with van der Waals surface area (Å²) in [6.45, 7) is 2.91. The van der Waals surface area contributed by atoms with Gasteiger partial charge in [0.1, 0.15) is 5.75 Å². The first-order valence-corrected chi connectivity index (χ1v) is 9.68. The third kappa shape index (κ3) is 4.86. The molecule has 1 aliphatic carbocycles. The molecule has 0 saturated carbocycles. The Labute approximate surface area is 165 Å². The van der Waals surface area contributed by atoms with Crippen molar-refractivity contribution in [3.05, 3.63) is 53.6 Å². The number of hydrogen-bond donors (Lipinski definition) is 3. The third-order valence-corrected chi connectivity index (χ3v) is 4.92. The number of carbonyl (C=O) groups excluding carboxylic acids is 1. The molecule has 0 fully saturated rings. The highest BCUT2D eigenvalue weighted by molar-refractivity contribution is 5.92. The lowest BCUT2D eigenvalue weighted by atomic mass is 9.87. The lowest BCUT2D eigenvalue weighted by Gasteiger charge is -2.32. The fraction of sp³-hybridized carbons (Fsp3) is 0.381. The molecule has 28 heavy (non-hydrogen) atoms. The maximum Gasteiger partial charge on any atom is 0.238 e. The van der Waals surface area contributed by atoms with E-state index in [1.165, 1.54) is 5.56 Å². The summed E-state index contributed by atoms with van der Waals surface area (Å²) in [6.07, 6.45) is 3.62. The minimum atomic E-state index is -0.230. The van der Waals surface area contributed by atoms with Gasteiger partial charge in [-0.1, -0.05) is 24.3 Å². The van der Waals surface area contributed by atoms with Crippen LogP contribution < -0.4 is 11.1 Å². The number of nitrogens with one attached hydrogen (secondary N) is 1. The third-order valence-electron chi connectivity index (χ3n) is 4.92. The number of phenols is 1. The number of nitrogens with zero attached hydrogens (tertiary/aromatic N) is 3. The molecule has 2 aromatic rings. The van der Waals surface area contributed by atoms with Crippen LogP contribution in [-0.4, -0.2) is 35.2 Å². The van der Waals surface area contributed by atoms with Crippen LogP contribution in [0.5, 0.6) is 5.75 Å². The lowest BCUT2D eigenvalue weighted by molar-refractivity contribution is -0.114. The van der Waals surface area contributed by atoms with Gasteiger partial charge in [0.2, 0.25) is 5.91 Å². The number of hydrogen-bond acceptors (Lipinski definition) is 5. The summed E-state index contributed by atoms with van der Waals surface area (Å²) in [5, 5.41) is 23.7. The van der Waals surface area contributed by atoms with Crippen molar-refractivity contribution in [1.82, 2.24) is 5.01 Å². The Balaban J connectivity index is 1.68. The van der Waals surface area contributed by atoms with Crippen molar-refractivity contribution in [1.29, 1.82) is 0 Å². The van der Waals surface area contributed by atoms with Gasteiger partial charge in [0.05, 0.1) is 18.3 Å². The standard InChI is InChI=1S/C21H27N5O2/c1-2-12-26(18-10-11-19-15(13-18)4-3-5-20(19)27)25-24-17-8-6-16(7-9-17)23-21(28)14-22/h3-9,18,27H,2,10-14,22H2,1H3,(H,23,28). The van der Waals surface area contributed by atoms with Gasteiger partial charge in [0, 0.05) is 12.2 Å². The van der Waals surface area contributed by atoms with Crippen LogP contribution in [0.2, 0.25) is 0 Å². The molecule has 0 aliphatic heterocycles. The zero-order valence-corrected chi connectivity index (χ0v) is 16.1. The van der Waals surface area contributed by atoms with E-state index in [2.05, 4.69) is 33.7 Å². The van der Waals surface area contributed by atoms with Gasteiger partial charge in [-0.05, 0) is 67.1 Å². The number of phenolic OH excluding ortho intramolecular Hbond substituents is 1.